The van der Waals surface area contributed by atoms with Gasteiger partial charge in [-0.2, -0.15) is 0 Å². The van der Waals surface area contributed by atoms with Crippen molar-refractivity contribution >= 4 is 5.97 Å². The molecule has 0 spiro atoms. The van der Waals surface area contributed by atoms with E-state index in [1.807, 2.05) is 37.3 Å². The number of carboxylic acids is 1. The number of ether oxygens (including phenoxy) is 1. The molecule has 0 aliphatic carbocycles. The van der Waals surface area contributed by atoms with E-state index >= 15 is 0 Å². The molecule has 2 aromatic rings. The first kappa shape index (κ1) is 15.0. The fourth-order valence-corrected chi connectivity index (χ4v) is 2.00. The Hall–Kier alpha value is -2.43. The van der Waals surface area contributed by atoms with Gasteiger partial charge in [-0.1, -0.05) is 37.3 Å². The van der Waals surface area contributed by atoms with E-state index in [9.17, 15) is 9.90 Å². The van der Waals surface area contributed by atoms with Gasteiger partial charge in [0.05, 0.1) is 12.3 Å². The lowest BCUT2D eigenvalue weighted by molar-refractivity contribution is -0.138. The Morgan fingerprint density at radius 1 is 1.29 bits per heavy atom. The van der Waals surface area contributed by atoms with E-state index in [0.29, 0.717) is 24.6 Å². The topological polar surface area (TPSA) is 72.3 Å². The predicted molar refractivity (Wildman–Crippen MR) is 78.3 cm³/mol. The summed E-state index contributed by atoms with van der Waals surface area (Å²) in [5, 5.41) is 9.45. The minimum absolute atomic E-state index is 0.389. The van der Waals surface area contributed by atoms with E-state index in [-0.39, 0.29) is 0 Å². The summed E-state index contributed by atoms with van der Waals surface area (Å²) in [5.41, 5.74) is 1.42. The molecular formula is C16H18N2O3. The third kappa shape index (κ3) is 4.27. The largest absolute Gasteiger partial charge is 0.481 e. The molecule has 0 aliphatic heterocycles. The van der Waals surface area contributed by atoms with Gasteiger partial charge in [0, 0.05) is 6.07 Å². The lowest BCUT2D eigenvalue weighted by atomic mass is 9.96. The lowest BCUT2D eigenvalue weighted by Crippen LogP contribution is -2.16. The van der Waals surface area contributed by atoms with Crippen molar-refractivity contribution < 1.29 is 14.6 Å². The Morgan fingerprint density at radius 3 is 2.71 bits per heavy atom. The summed E-state index contributed by atoms with van der Waals surface area (Å²) in [6.07, 6.45) is 2.60. The van der Waals surface area contributed by atoms with E-state index < -0.39 is 11.9 Å². The summed E-state index contributed by atoms with van der Waals surface area (Å²) < 4.78 is 5.43. The van der Waals surface area contributed by atoms with Crippen molar-refractivity contribution in [1.29, 1.82) is 0 Å². The van der Waals surface area contributed by atoms with E-state index in [0.717, 1.165) is 12.0 Å². The molecule has 1 atom stereocenters. The van der Waals surface area contributed by atoms with Crippen molar-refractivity contribution in [3.8, 4) is 5.88 Å². The zero-order valence-corrected chi connectivity index (χ0v) is 11.9. The van der Waals surface area contributed by atoms with Gasteiger partial charge in [-0.25, -0.2) is 9.97 Å². The summed E-state index contributed by atoms with van der Waals surface area (Å²) >= 11 is 0. The van der Waals surface area contributed by atoms with Crippen LogP contribution >= 0.6 is 0 Å². The Balaban J connectivity index is 2.20. The maximum absolute atomic E-state index is 11.5. The number of aliphatic carboxylic acids is 1. The molecule has 21 heavy (non-hydrogen) atoms. The fraction of sp³-hybridized carbons (Fsp3) is 0.312. The van der Waals surface area contributed by atoms with Gasteiger partial charge >= 0.3 is 5.97 Å². The lowest BCUT2D eigenvalue weighted by Gasteiger charge is -2.13. The quantitative estimate of drug-likeness (QED) is 0.847. The number of aromatic nitrogens is 2. The molecule has 1 aromatic carbocycles. The summed E-state index contributed by atoms with van der Waals surface area (Å²) in [6, 6.07) is 11.1. The van der Waals surface area contributed by atoms with Crippen LogP contribution in [0.5, 0.6) is 5.88 Å². The van der Waals surface area contributed by atoms with Gasteiger partial charge in [-0.3, -0.25) is 4.79 Å². The summed E-state index contributed by atoms with van der Waals surface area (Å²) in [6.45, 7) is 2.55. The highest BCUT2D eigenvalue weighted by molar-refractivity contribution is 5.76. The van der Waals surface area contributed by atoms with Crippen LogP contribution in [0.3, 0.4) is 0 Å². The van der Waals surface area contributed by atoms with Crippen LogP contribution in [0.1, 0.15) is 30.5 Å². The Kier molecular flexibility index (Phi) is 5.26. The molecule has 1 heterocycles. The van der Waals surface area contributed by atoms with Crippen molar-refractivity contribution in [3.05, 3.63) is 54.0 Å². The second-order valence-corrected chi connectivity index (χ2v) is 4.71. The molecule has 0 amide bonds. The number of benzene rings is 1. The van der Waals surface area contributed by atoms with E-state index in [4.69, 9.17) is 4.74 Å². The third-order valence-electron chi connectivity index (χ3n) is 3.05. The first-order valence-electron chi connectivity index (χ1n) is 6.92. The van der Waals surface area contributed by atoms with Crippen molar-refractivity contribution in [1.82, 2.24) is 9.97 Å². The molecule has 5 heteroatoms. The van der Waals surface area contributed by atoms with Crippen LogP contribution in [0.25, 0.3) is 0 Å². The van der Waals surface area contributed by atoms with Crippen LogP contribution in [-0.2, 0) is 11.2 Å². The van der Waals surface area contributed by atoms with E-state index in [1.165, 1.54) is 6.33 Å². The Morgan fingerprint density at radius 2 is 2.05 bits per heavy atom. The first-order chi connectivity index (χ1) is 10.2. The fourth-order valence-electron chi connectivity index (χ4n) is 2.00. The minimum Gasteiger partial charge on any atom is -0.481 e. The average Bonchev–Trinajstić information content (AvgIpc) is 2.51. The third-order valence-corrected chi connectivity index (χ3v) is 3.05. The number of carbonyl (C=O) groups is 1. The highest BCUT2D eigenvalue weighted by atomic mass is 16.5. The number of carboxylic acid groups (broad SMARTS) is 1. The Bertz CT molecular complexity index is 587. The number of rotatable bonds is 7. The smallest absolute Gasteiger partial charge is 0.312 e. The van der Waals surface area contributed by atoms with Gasteiger partial charge in [0.25, 0.3) is 0 Å². The van der Waals surface area contributed by atoms with Gasteiger partial charge in [0.15, 0.2) is 0 Å². The highest BCUT2D eigenvalue weighted by Gasteiger charge is 2.22. The monoisotopic (exact) mass is 286 g/mol. The Labute approximate surface area is 123 Å². The minimum atomic E-state index is -0.904. The second kappa shape index (κ2) is 7.38. The van der Waals surface area contributed by atoms with Gasteiger partial charge in [0.2, 0.25) is 5.88 Å². The molecule has 1 aromatic heterocycles. The van der Waals surface area contributed by atoms with Crippen LogP contribution in [0.15, 0.2) is 42.7 Å². The SMILES string of the molecule is CCCOc1cc(C(Cc2ccccc2)C(=O)O)ncn1. The molecule has 1 unspecified atom stereocenters. The van der Waals surface area contributed by atoms with Crippen LogP contribution < -0.4 is 4.74 Å². The molecule has 1 N–H and O–H groups in total. The maximum Gasteiger partial charge on any atom is 0.312 e. The zero-order valence-electron chi connectivity index (χ0n) is 11.9. The maximum atomic E-state index is 11.5. The molecule has 0 fully saturated rings. The number of hydrogen-bond donors (Lipinski definition) is 1. The normalized spacial score (nSPS) is 11.9. The van der Waals surface area contributed by atoms with Crippen LogP contribution in [0.2, 0.25) is 0 Å². The van der Waals surface area contributed by atoms with Crippen molar-refractivity contribution in [2.45, 2.75) is 25.7 Å². The second-order valence-electron chi connectivity index (χ2n) is 4.71. The first-order valence-corrected chi connectivity index (χ1v) is 6.92. The van der Waals surface area contributed by atoms with Crippen molar-refractivity contribution in [2.75, 3.05) is 6.61 Å². The zero-order chi connectivity index (χ0) is 15.1. The molecule has 0 bridgehead atoms. The van der Waals surface area contributed by atoms with E-state index in [1.54, 1.807) is 6.07 Å². The summed E-state index contributed by atoms with van der Waals surface area (Å²) in [7, 11) is 0. The van der Waals surface area contributed by atoms with Gasteiger partial charge < -0.3 is 9.84 Å². The molecule has 110 valence electrons. The molecule has 0 aliphatic rings. The van der Waals surface area contributed by atoms with E-state index in [2.05, 4.69) is 9.97 Å². The van der Waals surface area contributed by atoms with Crippen LogP contribution in [0.4, 0.5) is 0 Å². The predicted octanol–water partition coefficient (Wildman–Crippen LogP) is 2.68. The number of hydrogen-bond acceptors (Lipinski definition) is 4. The van der Waals surface area contributed by atoms with Crippen LogP contribution in [-0.4, -0.2) is 27.7 Å². The highest BCUT2D eigenvalue weighted by Crippen LogP contribution is 2.21. The van der Waals surface area contributed by atoms with Gasteiger partial charge in [-0.15, -0.1) is 0 Å². The van der Waals surface area contributed by atoms with Gasteiger partial charge in [0.1, 0.15) is 12.2 Å². The average molecular weight is 286 g/mol. The van der Waals surface area contributed by atoms with Crippen LogP contribution in [0, 0.1) is 0 Å². The van der Waals surface area contributed by atoms with Crippen molar-refractivity contribution in [3.63, 3.8) is 0 Å². The molecule has 0 saturated carbocycles. The molecule has 0 saturated heterocycles. The standard InChI is InChI=1S/C16H18N2O3/c1-2-8-21-15-10-14(17-11-18-15)13(16(19)20)9-12-6-4-3-5-7-12/h3-7,10-11,13H,2,8-9H2,1H3,(H,19,20). The molecular weight excluding hydrogens is 268 g/mol. The summed E-state index contributed by atoms with van der Waals surface area (Å²) in [5.74, 6) is -1.19. The summed E-state index contributed by atoms with van der Waals surface area (Å²) in [4.78, 5) is 19.6. The number of nitrogens with zero attached hydrogens (tertiary/aromatic N) is 2. The molecule has 2 rings (SSSR count). The molecule has 0 radical (unpaired) electrons. The van der Waals surface area contributed by atoms with Gasteiger partial charge in [-0.05, 0) is 18.4 Å². The van der Waals surface area contributed by atoms with Crippen molar-refractivity contribution in [2.24, 2.45) is 0 Å². The molecule has 5 nitrogen and oxygen atoms in total.